The maximum Gasteiger partial charge on any atom is 0.0647 e. The lowest BCUT2D eigenvalue weighted by Crippen LogP contribution is -2.28. The van der Waals surface area contributed by atoms with Crippen molar-refractivity contribution >= 4 is 0 Å². The Morgan fingerprint density at radius 1 is 0.333 bits per heavy atom. The van der Waals surface area contributed by atoms with Crippen LogP contribution < -0.4 is 0 Å². The van der Waals surface area contributed by atoms with E-state index in [1.807, 2.05) is 0 Å². The molecule has 246 valence electrons. The van der Waals surface area contributed by atoms with Crippen molar-refractivity contribution in [3.05, 3.63) is 48.6 Å². The van der Waals surface area contributed by atoms with E-state index in [9.17, 15) is 5.11 Å². The maximum absolute atomic E-state index is 11.3. The summed E-state index contributed by atoms with van der Waals surface area (Å²) >= 11 is 0. The predicted molar refractivity (Wildman–Crippen MR) is 192 cm³/mol. The Balaban J connectivity index is 3.75. The van der Waals surface area contributed by atoms with Gasteiger partial charge in [0.15, 0.2) is 0 Å². The highest BCUT2D eigenvalue weighted by atomic mass is 16.3. The first-order valence-corrected chi connectivity index (χ1v) is 19.0. The van der Waals surface area contributed by atoms with Crippen LogP contribution >= 0.6 is 0 Å². The zero-order valence-electron chi connectivity index (χ0n) is 29.1. The molecule has 0 aliphatic heterocycles. The van der Waals surface area contributed by atoms with E-state index < -0.39 is 5.60 Å². The summed E-state index contributed by atoms with van der Waals surface area (Å²) in [6, 6.07) is 0. The first-order valence-electron chi connectivity index (χ1n) is 19.0. The van der Waals surface area contributed by atoms with Gasteiger partial charge in [-0.15, -0.1) is 0 Å². The van der Waals surface area contributed by atoms with Crippen LogP contribution in [0.3, 0.4) is 0 Å². The van der Waals surface area contributed by atoms with Crippen molar-refractivity contribution in [3.8, 4) is 0 Å². The number of hydrogen-bond acceptors (Lipinski definition) is 1. The molecule has 42 heavy (non-hydrogen) atoms. The number of hydrogen-bond donors (Lipinski definition) is 1. The summed E-state index contributed by atoms with van der Waals surface area (Å²) in [7, 11) is 0. The van der Waals surface area contributed by atoms with Crippen molar-refractivity contribution < 1.29 is 5.11 Å². The van der Waals surface area contributed by atoms with Crippen molar-refractivity contribution in [1.29, 1.82) is 0 Å². The summed E-state index contributed by atoms with van der Waals surface area (Å²) in [6.45, 7) is 6.78. The summed E-state index contributed by atoms with van der Waals surface area (Å²) in [5.41, 5.74) is -0.402. The topological polar surface area (TPSA) is 20.2 Å². The minimum absolute atomic E-state index is 0.402. The molecule has 0 rings (SSSR count). The third kappa shape index (κ3) is 31.8. The zero-order chi connectivity index (χ0) is 30.7. The second-order valence-electron chi connectivity index (χ2n) is 13.0. The molecule has 0 aromatic heterocycles. The third-order valence-corrected chi connectivity index (χ3v) is 8.68. The molecular weight excluding hydrogens is 508 g/mol. The van der Waals surface area contributed by atoms with Gasteiger partial charge in [-0.25, -0.2) is 0 Å². The molecular formula is C41H76O. The van der Waals surface area contributed by atoms with Gasteiger partial charge in [0.05, 0.1) is 5.60 Å². The quantitative estimate of drug-likeness (QED) is 0.0601. The molecule has 0 heterocycles. The lowest BCUT2D eigenvalue weighted by molar-refractivity contribution is 0.00746. The Hall–Kier alpha value is -1.08. The van der Waals surface area contributed by atoms with Crippen LogP contribution in [0.5, 0.6) is 0 Å². The Bertz CT molecular complexity index is 577. The van der Waals surface area contributed by atoms with E-state index in [0.29, 0.717) is 0 Å². The summed E-state index contributed by atoms with van der Waals surface area (Å²) in [5, 5.41) is 11.3. The van der Waals surface area contributed by atoms with Gasteiger partial charge >= 0.3 is 0 Å². The summed E-state index contributed by atoms with van der Waals surface area (Å²) < 4.78 is 0. The fourth-order valence-corrected chi connectivity index (χ4v) is 5.77. The smallest absolute Gasteiger partial charge is 0.0647 e. The number of allylic oxidation sites excluding steroid dienone is 8. The molecule has 1 heteroatoms. The van der Waals surface area contributed by atoms with Gasteiger partial charge in [-0.2, -0.15) is 0 Å². The van der Waals surface area contributed by atoms with Gasteiger partial charge in [-0.1, -0.05) is 172 Å². The average Bonchev–Trinajstić information content (AvgIpc) is 2.99. The molecule has 0 radical (unpaired) electrons. The van der Waals surface area contributed by atoms with Crippen LogP contribution in [0.2, 0.25) is 0 Å². The van der Waals surface area contributed by atoms with Crippen LogP contribution in [-0.2, 0) is 0 Å². The van der Waals surface area contributed by atoms with Gasteiger partial charge in [0.2, 0.25) is 0 Å². The van der Waals surface area contributed by atoms with Gasteiger partial charge in [-0.05, 0) is 83.5 Å². The van der Waals surface area contributed by atoms with Crippen molar-refractivity contribution in [3.63, 3.8) is 0 Å². The number of unbranched alkanes of at least 4 members (excludes halogenated alkanes) is 19. The van der Waals surface area contributed by atoms with E-state index in [4.69, 9.17) is 0 Å². The predicted octanol–water partition coefficient (Wildman–Crippen LogP) is 14.3. The molecule has 1 nitrogen and oxygen atoms in total. The number of aliphatic hydroxyl groups is 1. The molecule has 0 amide bonds. The highest BCUT2D eigenvalue weighted by Gasteiger charge is 2.24. The van der Waals surface area contributed by atoms with Gasteiger partial charge in [-0.3, -0.25) is 0 Å². The third-order valence-electron chi connectivity index (χ3n) is 8.68. The highest BCUT2D eigenvalue weighted by molar-refractivity contribution is 4.93. The number of rotatable bonds is 33. The summed E-state index contributed by atoms with van der Waals surface area (Å²) in [4.78, 5) is 0. The summed E-state index contributed by atoms with van der Waals surface area (Å²) in [5.74, 6) is 0. The highest BCUT2D eigenvalue weighted by Crippen LogP contribution is 2.28. The zero-order valence-corrected chi connectivity index (χ0v) is 29.1. The van der Waals surface area contributed by atoms with E-state index in [0.717, 1.165) is 32.1 Å². The van der Waals surface area contributed by atoms with E-state index in [1.165, 1.54) is 154 Å². The first-order chi connectivity index (χ1) is 20.7. The molecule has 0 fully saturated rings. The van der Waals surface area contributed by atoms with Crippen LogP contribution in [0.1, 0.15) is 207 Å². The molecule has 0 aromatic carbocycles. The lowest BCUT2D eigenvalue weighted by Gasteiger charge is -2.28. The van der Waals surface area contributed by atoms with Crippen molar-refractivity contribution in [2.75, 3.05) is 0 Å². The van der Waals surface area contributed by atoms with E-state index in [-0.39, 0.29) is 0 Å². The fraction of sp³-hybridized carbons (Fsp3) is 0.805. The molecule has 0 aliphatic rings. The second-order valence-corrected chi connectivity index (χ2v) is 13.0. The van der Waals surface area contributed by atoms with Gasteiger partial charge in [0.1, 0.15) is 0 Å². The van der Waals surface area contributed by atoms with E-state index in [1.54, 1.807) is 0 Å². The van der Waals surface area contributed by atoms with Gasteiger partial charge in [0, 0.05) is 0 Å². The van der Waals surface area contributed by atoms with E-state index in [2.05, 4.69) is 69.4 Å². The Kier molecular flexibility index (Phi) is 33.5. The molecule has 0 spiro atoms. The van der Waals surface area contributed by atoms with E-state index >= 15 is 0 Å². The lowest BCUT2D eigenvalue weighted by atomic mass is 9.85. The molecule has 1 N–H and O–H groups in total. The standard InChI is InChI=1S/C41H76O/c1-4-7-10-12-14-16-18-20-22-24-26-28-30-32-34-36-39-41(42,38-9-6-3)40-37-35-33-31-29-27-25-23-21-19-17-15-13-11-8-5-2/h14-17,20-23,42H,4-13,18-19,24-40H2,1-3H3/b16-14-,17-15-,22-20-,23-21-. The van der Waals surface area contributed by atoms with Crippen LogP contribution in [0, 0.1) is 0 Å². The van der Waals surface area contributed by atoms with Crippen molar-refractivity contribution in [2.45, 2.75) is 213 Å². The molecule has 0 unspecified atom stereocenters. The van der Waals surface area contributed by atoms with Gasteiger partial charge in [0.25, 0.3) is 0 Å². The Labute approximate surface area is 265 Å². The second kappa shape index (κ2) is 34.4. The molecule has 0 saturated carbocycles. The maximum atomic E-state index is 11.3. The summed E-state index contributed by atoms with van der Waals surface area (Å²) in [6.07, 6.45) is 55.0. The molecule has 0 aromatic rings. The monoisotopic (exact) mass is 585 g/mol. The van der Waals surface area contributed by atoms with Crippen LogP contribution in [-0.4, -0.2) is 10.7 Å². The SMILES string of the molecule is CCCCC/C=C\C/C=C\CCCCCCCCC(O)(CCCC)CCCCCCCC/C=C\C/C=C\CCCCC. The molecule has 0 aliphatic carbocycles. The first kappa shape index (κ1) is 40.9. The largest absolute Gasteiger partial charge is 0.390 e. The molecule has 0 bridgehead atoms. The average molecular weight is 585 g/mol. The Morgan fingerprint density at radius 2 is 0.619 bits per heavy atom. The van der Waals surface area contributed by atoms with Crippen LogP contribution in [0.25, 0.3) is 0 Å². The fourth-order valence-electron chi connectivity index (χ4n) is 5.77. The van der Waals surface area contributed by atoms with Crippen molar-refractivity contribution in [1.82, 2.24) is 0 Å². The Morgan fingerprint density at radius 3 is 0.976 bits per heavy atom. The normalized spacial score (nSPS) is 12.8. The minimum atomic E-state index is -0.402. The van der Waals surface area contributed by atoms with Crippen LogP contribution in [0.15, 0.2) is 48.6 Å². The molecule has 0 saturated heterocycles. The van der Waals surface area contributed by atoms with Crippen LogP contribution in [0.4, 0.5) is 0 Å². The van der Waals surface area contributed by atoms with Gasteiger partial charge < -0.3 is 5.11 Å². The van der Waals surface area contributed by atoms with Crippen molar-refractivity contribution in [2.24, 2.45) is 0 Å². The minimum Gasteiger partial charge on any atom is -0.390 e. The molecule has 0 atom stereocenters.